The third-order valence-corrected chi connectivity index (χ3v) is 6.44. The Bertz CT molecular complexity index is 1570. The standard InChI is InChI=1S/C27H18N2O6S/c30-24(28-21-10-4-6-16-5-1-2-9-20(16)21)15-29-25(31)23(36-27(29)34)14-19-11-12-22(35-19)17-7-3-8-18(13-17)26(32)33/h1-14H,15H2,(H,28,30)(H,32,33)/b23-14+. The van der Waals surface area contributed by atoms with Crippen LogP contribution in [-0.2, 0) is 9.59 Å². The average molecular weight is 499 g/mol. The zero-order chi connectivity index (χ0) is 25.2. The van der Waals surface area contributed by atoms with Crippen LogP contribution in [0.1, 0.15) is 16.1 Å². The summed E-state index contributed by atoms with van der Waals surface area (Å²) in [6.07, 6.45) is 1.43. The van der Waals surface area contributed by atoms with E-state index in [1.54, 1.807) is 30.3 Å². The Morgan fingerprint density at radius 2 is 1.75 bits per heavy atom. The quantitative estimate of drug-likeness (QED) is 0.338. The van der Waals surface area contributed by atoms with E-state index in [-0.39, 0.29) is 10.5 Å². The van der Waals surface area contributed by atoms with Crippen LogP contribution < -0.4 is 5.32 Å². The molecule has 0 radical (unpaired) electrons. The fraction of sp³-hybridized carbons (Fsp3) is 0.0370. The van der Waals surface area contributed by atoms with Gasteiger partial charge in [-0.3, -0.25) is 19.3 Å². The first-order chi connectivity index (χ1) is 17.4. The van der Waals surface area contributed by atoms with Gasteiger partial charge in [0.05, 0.1) is 10.5 Å². The summed E-state index contributed by atoms with van der Waals surface area (Å²) in [6, 6.07) is 22.6. The van der Waals surface area contributed by atoms with Gasteiger partial charge in [-0.05, 0) is 47.5 Å². The fourth-order valence-corrected chi connectivity index (χ4v) is 4.64. The molecule has 178 valence electrons. The third-order valence-electron chi connectivity index (χ3n) is 5.53. The van der Waals surface area contributed by atoms with Crippen molar-refractivity contribution in [2.45, 2.75) is 0 Å². The van der Waals surface area contributed by atoms with E-state index in [4.69, 9.17) is 4.42 Å². The van der Waals surface area contributed by atoms with Crippen molar-refractivity contribution in [2.75, 3.05) is 11.9 Å². The molecule has 1 aromatic heterocycles. The second-order valence-electron chi connectivity index (χ2n) is 7.93. The molecule has 0 unspecified atom stereocenters. The Morgan fingerprint density at radius 3 is 2.58 bits per heavy atom. The molecule has 3 aromatic carbocycles. The van der Waals surface area contributed by atoms with Crippen LogP contribution in [0, 0.1) is 0 Å². The van der Waals surface area contributed by atoms with Crippen LogP contribution in [0.5, 0.6) is 0 Å². The number of carboxylic acid groups (broad SMARTS) is 1. The topological polar surface area (TPSA) is 117 Å². The Morgan fingerprint density at radius 1 is 0.972 bits per heavy atom. The Kier molecular flexibility index (Phi) is 6.14. The number of nitrogens with one attached hydrogen (secondary N) is 1. The van der Waals surface area contributed by atoms with Gasteiger partial charge in [0.1, 0.15) is 18.1 Å². The van der Waals surface area contributed by atoms with Crippen LogP contribution in [0.2, 0.25) is 0 Å². The van der Waals surface area contributed by atoms with Crippen molar-refractivity contribution in [2.24, 2.45) is 0 Å². The van der Waals surface area contributed by atoms with Gasteiger partial charge in [0, 0.05) is 22.7 Å². The first kappa shape index (κ1) is 23.1. The molecule has 0 bridgehead atoms. The number of carbonyl (C=O) groups is 4. The van der Waals surface area contributed by atoms with Crippen molar-refractivity contribution in [1.82, 2.24) is 4.90 Å². The van der Waals surface area contributed by atoms with E-state index < -0.39 is 29.6 Å². The van der Waals surface area contributed by atoms with Crippen molar-refractivity contribution >= 4 is 57.3 Å². The van der Waals surface area contributed by atoms with Crippen LogP contribution in [0.3, 0.4) is 0 Å². The lowest BCUT2D eigenvalue weighted by molar-refractivity contribution is -0.127. The number of hydrogen-bond acceptors (Lipinski definition) is 6. The van der Waals surface area contributed by atoms with Crippen molar-refractivity contribution in [3.63, 3.8) is 0 Å². The number of carbonyl (C=O) groups excluding carboxylic acids is 3. The maximum absolute atomic E-state index is 12.8. The monoisotopic (exact) mass is 498 g/mol. The maximum atomic E-state index is 12.8. The van der Waals surface area contributed by atoms with Gasteiger partial charge in [-0.2, -0.15) is 0 Å². The van der Waals surface area contributed by atoms with Crippen LogP contribution in [0.15, 0.2) is 88.2 Å². The molecule has 36 heavy (non-hydrogen) atoms. The van der Waals surface area contributed by atoms with Gasteiger partial charge in [0.25, 0.3) is 11.1 Å². The Labute approximate surface area is 209 Å². The summed E-state index contributed by atoms with van der Waals surface area (Å²) in [5, 5.41) is 13.2. The number of carboxylic acids is 1. The zero-order valence-electron chi connectivity index (χ0n) is 18.6. The summed E-state index contributed by atoms with van der Waals surface area (Å²) in [7, 11) is 0. The Balaban J connectivity index is 1.30. The molecule has 5 rings (SSSR count). The summed E-state index contributed by atoms with van der Waals surface area (Å²) in [6.45, 7) is -0.420. The number of hydrogen-bond donors (Lipinski definition) is 2. The minimum absolute atomic E-state index is 0.119. The number of nitrogens with zero attached hydrogens (tertiary/aromatic N) is 1. The molecule has 0 saturated carbocycles. The van der Waals surface area contributed by atoms with E-state index in [9.17, 15) is 24.3 Å². The summed E-state index contributed by atoms with van der Waals surface area (Å²) in [4.78, 5) is 50.2. The number of imide groups is 1. The van der Waals surface area contributed by atoms with E-state index in [2.05, 4.69) is 5.32 Å². The highest BCUT2D eigenvalue weighted by atomic mass is 32.2. The number of anilines is 1. The molecule has 1 fully saturated rings. The van der Waals surface area contributed by atoms with Gasteiger partial charge >= 0.3 is 5.97 Å². The van der Waals surface area contributed by atoms with Crippen molar-refractivity contribution in [1.29, 1.82) is 0 Å². The van der Waals surface area contributed by atoms with Crippen molar-refractivity contribution < 1.29 is 28.7 Å². The number of thioether (sulfide) groups is 1. The number of benzene rings is 3. The molecule has 2 N–H and O–H groups in total. The van der Waals surface area contributed by atoms with Crippen LogP contribution in [0.4, 0.5) is 10.5 Å². The van der Waals surface area contributed by atoms with Gasteiger partial charge in [-0.15, -0.1) is 0 Å². The molecular formula is C27H18N2O6S. The molecule has 1 aliphatic rings. The maximum Gasteiger partial charge on any atom is 0.335 e. The highest BCUT2D eigenvalue weighted by Gasteiger charge is 2.36. The fourth-order valence-electron chi connectivity index (χ4n) is 3.82. The SMILES string of the molecule is O=C(CN1C(=O)S/C(=C/c2ccc(-c3cccc(C(=O)O)c3)o2)C1=O)Nc1cccc2ccccc12. The van der Waals surface area contributed by atoms with Gasteiger partial charge in [-0.1, -0.05) is 48.5 Å². The van der Waals surface area contributed by atoms with E-state index in [0.29, 0.717) is 22.8 Å². The molecule has 2 heterocycles. The van der Waals surface area contributed by atoms with Crippen LogP contribution in [0.25, 0.3) is 28.2 Å². The first-order valence-corrected chi connectivity index (χ1v) is 11.7. The number of fused-ring (bicyclic) bond motifs is 1. The molecule has 0 spiro atoms. The van der Waals surface area contributed by atoms with E-state index in [0.717, 1.165) is 27.4 Å². The molecular weight excluding hydrogens is 480 g/mol. The van der Waals surface area contributed by atoms with Crippen molar-refractivity contribution in [3.8, 4) is 11.3 Å². The molecule has 4 aromatic rings. The molecule has 1 aliphatic heterocycles. The third kappa shape index (κ3) is 4.64. The lowest BCUT2D eigenvalue weighted by Gasteiger charge is -2.13. The van der Waals surface area contributed by atoms with Gasteiger partial charge in [0.15, 0.2) is 0 Å². The predicted molar refractivity (Wildman–Crippen MR) is 136 cm³/mol. The minimum atomic E-state index is -1.05. The average Bonchev–Trinajstić information content (AvgIpc) is 3.45. The van der Waals surface area contributed by atoms with Gasteiger partial charge in [-0.25, -0.2) is 4.79 Å². The number of amides is 3. The molecule has 0 atom stereocenters. The molecule has 3 amide bonds. The molecule has 9 heteroatoms. The summed E-state index contributed by atoms with van der Waals surface area (Å²) >= 11 is 0.720. The molecule has 1 saturated heterocycles. The smallest absolute Gasteiger partial charge is 0.335 e. The predicted octanol–water partition coefficient (Wildman–Crippen LogP) is 5.47. The Hall–Kier alpha value is -4.63. The van der Waals surface area contributed by atoms with E-state index >= 15 is 0 Å². The number of aromatic carboxylic acids is 1. The van der Waals surface area contributed by atoms with Gasteiger partial charge in [0.2, 0.25) is 5.91 Å². The minimum Gasteiger partial charge on any atom is -0.478 e. The van der Waals surface area contributed by atoms with Gasteiger partial charge < -0.3 is 14.8 Å². The second kappa shape index (κ2) is 9.55. The highest BCUT2D eigenvalue weighted by Crippen LogP contribution is 2.33. The van der Waals surface area contributed by atoms with Crippen LogP contribution in [-0.4, -0.2) is 39.6 Å². The number of furan rings is 1. The summed E-state index contributed by atoms with van der Waals surface area (Å²) in [5.74, 6) is -1.41. The number of rotatable bonds is 6. The van der Waals surface area contributed by atoms with Crippen molar-refractivity contribution in [3.05, 3.63) is 95.1 Å². The lowest BCUT2D eigenvalue weighted by Crippen LogP contribution is -2.36. The van der Waals surface area contributed by atoms with E-state index in [1.807, 2.05) is 36.4 Å². The highest BCUT2D eigenvalue weighted by molar-refractivity contribution is 8.18. The molecule has 0 aliphatic carbocycles. The summed E-state index contributed by atoms with van der Waals surface area (Å²) < 4.78 is 5.74. The zero-order valence-corrected chi connectivity index (χ0v) is 19.5. The lowest BCUT2D eigenvalue weighted by atomic mass is 10.1. The van der Waals surface area contributed by atoms with E-state index in [1.165, 1.54) is 18.2 Å². The second-order valence-corrected chi connectivity index (χ2v) is 8.92. The first-order valence-electron chi connectivity index (χ1n) is 10.9. The summed E-state index contributed by atoms with van der Waals surface area (Å²) in [5.41, 5.74) is 1.27. The largest absolute Gasteiger partial charge is 0.478 e. The molecule has 8 nitrogen and oxygen atoms in total. The normalized spacial score (nSPS) is 14.6. The van der Waals surface area contributed by atoms with Crippen LogP contribution >= 0.6 is 11.8 Å².